The summed E-state index contributed by atoms with van der Waals surface area (Å²) >= 11 is 0. The van der Waals surface area contributed by atoms with Crippen molar-refractivity contribution in [3.63, 3.8) is 0 Å². The molecule has 29 heavy (non-hydrogen) atoms. The molecular weight excluding hydrogens is 356 g/mol. The van der Waals surface area contributed by atoms with Crippen molar-refractivity contribution in [1.29, 1.82) is 0 Å². The minimum absolute atomic E-state index is 0.0188. The molecule has 168 valence electrons. The van der Waals surface area contributed by atoms with Gasteiger partial charge in [-0.1, -0.05) is 73.1 Å². The zero-order chi connectivity index (χ0) is 21.3. The molecule has 0 aromatic heterocycles. The average molecular weight is 405 g/mol. The number of carbonyl (C=O) groups is 1. The van der Waals surface area contributed by atoms with Gasteiger partial charge in [-0.15, -0.1) is 0 Å². The molecule has 0 saturated heterocycles. The van der Waals surface area contributed by atoms with Gasteiger partial charge < -0.3 is 10.6 Å². The quantitative estimate of drug-likeness (QED) is 0.380. The van der Waals surface area contributed by atoms with Crippen molar-refractivity contribution in [3.05, 3.63) is 0 Å². The first kappa shape index (κ1) is 23.1. The van der Waals surface area contributed by atoms with Crippen LogP contribution in [0.25, 0.3) is 0 Å². The highest BCUT2D eigenvalue weighted by Crippen LogP contribution is 2.75. The summed E-state index contributed by atoms with van der Waals surface area (Å²) in [7, 11) is 0. The first-order valence-electron chi connectivity index (χ1n) is 12.8. The monoisotopic (exact) mass is 404 g/mol. The minimum atomic E-state index is -0.198. The van der Waals surface area contributed by atoms with Crippen LogP contribution < -0.4 is 5.73 Å². The van der Waals surface area contributed by atoms with Crippen LogP contribution in [0.15, 0.2) is 0 Å². The summed E-state index contributed by atoms with van der Waals surface area (Å²) in [6.07, 6.45) is 16.3. The third-order valence-corrected chi connectivity index (χ3v) is 8.81. The second-order valence-corrected chi connectivity index (χ2v) is 11.6. The van der Waals surface area contributed by atoms with Gasteiger partial charge in [0.25, 0.3) is 0 Å². The molecule has 2 N–H and O–H groups in total. The highest BCUT2D eigenvalue weighted by Gasteiger charge is 2.77. The number of unbranched alkanes of at least 4 members (excludes halogenated alkanes) is 4. The number of hydrogen-bond acceptors (Lipinski definition) is 2. The van der Waals surface area contributed by atoms with Crippen molar-refractivity contribution in [2.24, 2.45) is 22.5 Å². The Balaban J connectivity index is 1.83. The van der Waals surface area contributed by atoms with Crippen LogP contribution in [0, 0.1) is 16.7 Å². The number of hydrogen-bond donors (Lipinski definition) is 1. The number of carbonyl (C=O) groups excluding carboxylic acids is 1. The van der Waals surface area contributed by atoms with Gasteiger partial charge in [0.2, 0.25) is 5.91 Å². The third-order valence-electron chi connectivity index (χ3n) is 8.81. The molecule has 3 rings (SSSR count). The molecule has 3 fully saturated rings. The molecule has 3 heteroatoms. The SMILES string of the molecule is CCCCCCC(C)(CCCC)C(=O)N(CCC)C12CC(C)CC3(C1)CC3(N)C2. The fraction of sp³-hybridized carbons (Fsp3) is 0.962. The van der Waals surface area contributed by atoms with Gasteiger partial charge in [0.15, 0.2) is 0 Å². The Morgan fingerprint density at radius 1 is 0.966 bits per heavy atom. The summed E-state index contributed by atoms with van der Waals surface area (Å²) in [4.78, 5) is 16.6. The average Bonchev–Trinajstić information content (AvgIpc) is 3.13. The van der Waals surface area contributed by atoms with Crippen LogP contribution in [0.2, 0.25) is 0 Å². The van der Waals surface area contributed by atoms with Crippen LogP contribution in [0.4, 0.5) is 0 Å². The maximum absolute atomic E-state index is 14.2. The Morgan fingerprint density at radius 2 is 1.66 bits per heavy atom. The summed E-state index contributed by atoms with van der Waals surface area (Å²) in [5, 5.41) is 0. The zero-order valence-corrected chi connectivity index (χ0v) is 20.1. The van der Waals surface area contributed by atoms with Crippen molar-refractivity contribution in [2.45, 2.75) is 136 Å². The van der Waals surface area contributed by atoms with Gasteiger partial charge in [-0.3, -0.25) is 4.79 Å². The van der Waals surface area contributed by atoms with Gasteiger partial charge in [0.05, 0.1) is 0 Å². The summed E-state index contributed by atoms with van der Waals surface area (Å²) in [5.74, 6) is 1.15. The topological polar surface area (TPSA) is 46.3 Å². The molecular formula is C26H48N2O. The van der Waals surface area contributed by atoms with E-state index in [1.165, 1.54) is 57.8 Å². The molecule has 5 unspecified atom stereocenters. The van der Waals surface area contributed by atoms with E-state index < -0.39 is 0 Å². The Hall–Kier alpha value is -0.570. The normalized spacial score (nSPS) is 37.1. The van der Waals surface area contributed by atoms with Gasteiger partial charge in [0.1, 0.15) is 0 Å². The number of rotatable bonds is 12. The summed E-state index contributed by atoms with van der Waals surface area (Å²) in [6.45, 7) is 12.3. The predicted molar refractivity (Wildman–Crippen MR) is 123 cm³/mol. The molecule has 1 spiro atoms. The molecule has 3 nitrogen and oxygen atoms in total. The Labute approximate surface area is 180 Å². The second-order valence-electron chi connectivity index (χ2n) is 11.6. The molecule has 3 aliphatic rings. The van der Waals surface area contributed by atoms with Crippen LogP contribution in [0.1, 0.15) is 125 Å². The highest BCUT2D eigenvalue weighted by atomic mass is 16.2. The van der Waals surface area contributed by atoms with Crippen LogP contribution in [-0.4, -0.2) is 28.4 Å². The van der Waals surface area contributed by atoms with Crippen LogP contribution in [-0.2, 0) is 4.79 Å². The van der Waals surface area contributed by atoms with E-state index in [2.05, 4.69) is 39.5 Å². The molecule has 0 aliphatic heterocycles. The summed E-state index contributed by atoms with van der Waals surface area (Å²) < 4.78 is 0. The molecule has 0 aromatic rings. The van der Waals surface area contributed by atoms with Gasteiger partial charge in [-0.2, -0.15) is 0 Å². The maximum Gasteiger partial charge on any atom is 0.228 e. The zero-order valence-electron chi connectivity index (χ0n) is 20.1. The second kappa shape index (κ2) is 8.52. The molecule has 1 amide bonds. The number of nitrogens with two attached hydrogens (primary N) is 1. The van der Waals surface area contributed by atoms with Crippen molar-refractivity contribution >= 4 is 5.91 Å². The first-order chi connectivity index (χ1) is 13.7. The molecule has 0 heterocycles. The van der Waals surface area contributed by atoms with Crippen molar-refractivity contribution < 1.29 is 4.79 Å². The van der Waals surface area contributed by atoms with E-state index >= 15 is 0 Å². The summed E-state index contributed by atoms with van der Waals surface area (Å²) in [5.41, 5.74) is 7.08. The van der Waals surface area contributed by atoms with Gasteiger partial charge in [0, 0.05) is 23.0 Å². The van der Waals surface area contributed by atoms with E-state index in [-0.39, 0.29) is 16.5 Å². The Kier molecular flexibility index (Phi) is 6.78. The van der Waals surface area contributed by atoms with Crippen LogP contribution in [0.3, 0.4) is 0 Å². The standard InChI is InChI=1S/C26H48N2O/c1-6-9-11-12-14-23(5,13-10-7-2)22(29)28(15-8-3)25-17-21(4)16-24(18-25)19-26(24,27)20-25/h21H,6-20,27H2,1-5H3. The lowest BCUT2D eigenvalue weighted by atomic mass is 9.70. The van der Waals surface area contributed by atoms with Gasteiger partial charge >= 0.3 is 0 Å². The lowest BCUT2D eigenvalue weighted by molar-refractivity contribution is -0.152. The molecule has 3 saturated carbocycles. The van der Waals surface area contributed by atoms with E-state index in [0.717, 1.165) is 38.6 Å². The largest absolute Gasteiger partial charge is 0.336 e. The van der Waals surface area contributed by atoms with E-state index in [9.17, 15) is 4.79 Å². The smallest absolute Gasteiger partial charge is 0.228 e. The lowest BCUT2D eigenvalue weighted by Crippen LogP contribution is -2.58. The summed E-state index contributed by atoms with van der Waals surface area (Å²) in [6, 6.07) is 0. The Morgan fingerprint density at radius 3 is 2.31 bits per heavy atom. The first-order valence-corrected chi connectivity index (χ1v) is 12.8. The van der Waals surface area contributed by atoms with E-state index in [4.69, 9.17) is 5.73 Å². The van der Waals surface area contributed by atoms with E-state index in [0.29, 0.717) is 17.2 Å². The van der Waals surface area contributed by atoms with Crippen LogP contribution in [0.5, 0.6) is 0 Å². The van der Waals surface area contributed by atoms with Crippen molar-refractivity contribution in [2.75, 3.05) is 6.54 Å². The fourth-order valence-corrected chi connectivity index (χ4v) is 7.46. The molecule has 3 aliphatic carbocycles. The third kappa shape index (κ3) is 4.14. The fourth-order valence-electron chi connectivity index (χ4n) is 7.46. The van der Waals surface area contributed by atoms with Gasteiger partial charge in [-0.25, -0.2) is 0 Å². The highest BCUT2D eigenvalue weighted by molar-refractivity contribution is 5.83. The Bertz CT molecular complexity index is 587. The molecule has 2 bridgehead atoms. The number of fused-ring (bicyclic) bond motifs is 1. The maximum atomic E-state index is 14.2. The molecule has 0 radical (unpaired) electrons. The molecule has 5 atom stereocenters. The number of nitrogens with zero attached hydrogens (tertiary/aromatic N) is 1. The minimum Gasteiger partial charge on any atom is -0.336 e. The van der Waals surface area contributed by atoms with E-state index in [1.54, 1.807) is 0 Å². The van der Waals surface area contributed by atoms with E-state index in [1.807, 2.05) is 0 Å². The number of amides is 1. The van der Waals surface area contributed by atoms with Crippen LogP contribution >= 0.6 is 0 Å². The van der Waals surface area contributed by atoms with Gasteiger partial charge in [-0.05, 0) is 62.7 Å². The van der Waals surface area contributed by atoms with Crippen molar-refractivity contribution in [1.82, 2.24) is 4.90 Å². The lowest BCUT2D eigenvalue weighted by Gasteiger charge is -2.50. The predicted octanol–water partition coefficient (Wildman–Crippen LogP) is 6.44. The van der Waals surface area contributed by atoms with Crippen molar-refractivity contribution in [3.8, 4) is 0 Å². The molecule has 0 aromatic carbocycles.